The van der Waals surface area contributed by atoms with Gasteiger partial charge in [0.05, 0.1) is 0 Å². The smallest absolute Gasteiger partial charge is 0.317 e. The predicted octanol–water partition coefficient (Wildman–Crippen LogP) is 2.51. The van der Waals surface area contributed by atoms with Crippen LogP contribution in [0.1, 0.15) is 51.9 Å². The van der Waals surface area contributed by atoms with Gasteiger partial charge in [-0.05, 0) is 32.1 Å². The molecule has 1 heterocycles. The molecule has 1 aliphatic heterocycles. The van der Waals surface area contributed by atoms with E-state index in [-0.39, 0.29) is 6.03 Å². The molecule has 1 saturated heterocycles. The van der Waals surface area contributed by atoms with Crippen molar-refractivity contribution in [3.8, 4) is 0 Å². The number of nitrogens with zero attached hydrogens (tertiary/aromatic N) is 1. The zero-order valence-corrected chi connectivity index (χ0v) is 9.67. The summed E-state index contributed by atoms with van der Waals surface area (Å²) in [4.78, 5) is 14.1. The maximum absolute atomic E-state index is 12.0. The van der Waals surface area contributed by atoms with Crippen molar-refractivity contribution in [3.63, 3.8) is 0 Å². The standard InChI is InChI=1S/C12H22N2O/c1-2-11-6-4-3-5-9-14(11)12(15)13-10-7-8-10/h10-11H,2-9H2,1H3,(H,13,15). The third-order valence-electron chi connectivity index (χ3n) is 3.51. The van der Waals surface area contributed by atoms with Gasteiger partial charge < -0.3 is 10.2 Å². The lowest BCUT2D eigenvalue weighted by molar-refractivity contribution is 0.173. The summed E-state index contributed by atoms with van der Waals surface area (Å²) >= 11 is 0. The fraction of sp³-hybridized carbons (Fsp3) is 0.917. The van der Waals surface area contributed by atoms with Crippen LogP contribution in [0.5, 0.6) is 0 Å². The van der Waals surface area contributed by atoms with Gasteiger partial charge in [-0.25, -0.2) is 4.79 Å². The molecule has 1 atom stereocenters. The van der Waals surface area contributed by atoms with E-state index in [1.807, 2.05) is 0 Å². The number of urea groups is 1. The molecule has 2 amide bonds. The highest BCUT2D eigenvalue weighted by molar-refractivity contribution is 5.75. The predicted molar refractivity (Wildman–Crippen MR) is 60.8 cm³/mol. The molecule has 1 saturated carbocycles. The molecule has 3 heteroatoms. The molecule has 2 aliphatic rings. The third kappa shape index (κ3) is 2.86. The second-order valence-electron chi connectivity index (χ2n) is 4.83. The first-order chi connectivity index (χ1) is 7.31. The molecule has 0 spiro atoms. The maximum atomic E-state index is 12.0. The van der Waals surface area contributed by atoms with Crippen LogP contribution in [0.3, 0.4) is 0 Å². The molecule has 2 rings (SSSR count). The van der Waals surface area contributed by atoms with Crippen LogP contribution in [0, 0.1) is 0 Å². The Kier molecular flexibility index (Phi) is 3.49. The summed E-state index contributed by atoms with van der Waals surface area (Å²) < 4.78 is 0. The Hall–Kier alpha value is -0.730. The van der Waals surface area contributed by atoms with Gasteiger partial charge >= 0.3 is 6.03 Å². The summed E-state index contributed by atoms with van der Waals surface area (Å²) in [5, 5.41) is 3.10. The Morgan fingerprint density at radius 1 is 1.27 bits per heavy atom. The number of carbonyl (C=O) groups is 1. The number of nitrogens with one attached hydrogen (secondary N) is 1. The van der Waals surface area contributed by atoms with Crippen LogP contribution in [0.15, 0.2) is 0 Å². The number of hydrogen-bond acceptors (Lipinski definition) is 1. The van der Waals surface area contributed by atoms with E-state index >= 15 is 0 Å². The highest BCUT2D eigenvalue weighted by Crippen LogP contribution is 2.22. The molecular formula is C12H22N2O. The van der Waals surface area contributed by atoms with Gasteiger partial charge in [0.25, 0.3) is 0 Å². The SMILES string of the molecule is CCC1CCCCCN1C(=O)NC1CC1. The van der Waals surface area contributed by atoms with Crippen molar-refractivity contribution in [2.45, 2.75) is 64.0 Å². The Morgan fingerprint density at radius 3 is 2.73 bits per heavy atom. The molecule has 0 aromatic heterocycles. The van der Waals surface area contributed by atoms with Crippen LogP contribution in [0.4, 0.5) is 4.79 Å². The molecule has 1 N–H and O–H groups in total. The first-order valence-corrected chi connectivity index (χ1v) is 6.38. The van der Waals surface area contributed by atoms with Gasteiger partial charge in [0, 0.05) is 18.6 Å². The lowest BCUT2D eigenvalue weighted by Crippen LogP contribution is -2.46. The lowest BCUT2D eigenvalue weighted by atomic mass is 10.1. The Balaban J connectivity index is 1.91. The maximum Gasteiger partial charge on any atom is 0.317 e. The van der Waals surface area contributed by atoms with Crippen molar-refractivity contribution in [2.24, 2.45) is 0 Å². The van der Waals surface area contributed by atoms with Crippen LogP contribution in [0.2, 0.25) is 0 Å². The lowest BCUT2D eigenvalue weighted by Gasteiger charge is -2.29. The van der Waals surface area contributed by atoms with Gasteiger partial charge in [-0.2, -0.15) is 0 Å². The summed E-state index contributed by atoms with van der Waals surface area (Å²) in [6, 6.07) is 1.15. The van der Waals surface area contributed by atoms with Crippen molar-refractivity contribution in [2.75, 3.05) is 6.54 Å². The van der Waals surface area contributed by atoms with Gasteiger partial charge in [-0.15, -0.1) is 0 Å². The fourth-order valence-electron chi connectivity index (χ4n) is 2.35. The molecule has 2 fully saturated rings. The van der Waals surface area contributed by atoms with E-state index in [0.717, 1.165) is 13.0 Å². The Morgan fingerprint density at radius 2 is 2.07 bits per heavy atom. The molecule has 0 bridgehead atoms. The minimum absolute atomic E-state index is 0.186. The second-order valence-corrected chi connectivity index (χ2v) is 4.83. The summed E-state index contributed by atoms with van der Waals surface area (Å²) in [6.07, 6.45) is 8.38. The zero-order valence-electron chi connectivity index (χ0n) is 9.67. The van der Waals surface area contributed by atoms with Crippen LogP contribution in [-0.4, -0.2) is 29.6 Å². The molecule has 3 nitrogen and oxygen atoms in total. The molecule has 86 valence electrons. The number of carbonyl (C=O) groups excluding carboxylic acids is 1. The van der Waals surface area contributed by atoms with E-state index in [4.69, 9.17) is 0 Å². The number of hydrogen-bond donors (Lipinski definition) is 1. The normalized spacial score (nSPS) is 27.3. The molecule has 0 aromatic rings. The topological polar surface area (TPSA) is 32.3 Å². The van der Waals surface area contributed by atoms with Crippen LogP contribution in [0.25, 0.3) is 0 Å². The average molecular weight is 210 g/mol. The molecule has 0 radical (unpaired) electrons. The summed E-state index contributed by atoms with van der Waals surface area (Å²) in [5.41, 5.74) is 0. The van der Waals surface area contributed by atoms with Gasteiger partial charge in [0.1, 0.15) is 0 Å². The number of likely N-dealkylation sites (tertiary alicyclic amines) is 1. The summed E-state index contributed by atoms with van der Waals surface area (Å²) in [7, 11) is 0. The van der Waals surface area contributed by atoms with Crippen molar-refractivity contribution in [1.82, 2.24) is 10.2 Å². The Labute approximate surface area is 92.2 Å². The largest absolute Gasteiger partial charge is 0.335 e. The molecule has 0 aromatic carbocycles. The summed E-state index contributed by atoms with van der Waals surface area (Å²) in [6.45, 7) is 3.14. The van der Waals surface area contributed by atoms with Crippen molar-refractivity contribution < 1.29 is 4.79 Å². The van der Waals surface area contributed by atoms with E-state index in [1.165, 1.54) is 38.5 Å². The van der Waals surface area contributed by atoms with Gasteiger partial charge in [-0.3, -0.25) is 0 Å². The van der Waals surface area contributed by atoms with Gasteiger partial charge in [0.15, 0.2) is 0 Å². The third-order valence-corrected chi connectivity index (χ3v) is 3.51. The average Bonchev–Trinajstić information content (AvgIpc) is 3.02. The number of amides is 2. The van der Waals surface area contributed by atoms with E-state index in [0.29, 0.717) is 12.1 Å². The van der Waals surface area contributed by atoms with E-state index in [2.05, 4.69) is 17.1 Å². The second kappa shape index (κ2) is 4.86. The zero-order chi connectivity index (χ0) is 10.7. The van der Waals surface area contributed by atoms with E-state index in [9.17, 15) is 4.79 Å². The van der Waals surface area contributed by atoms with Gasteiger partial charge in [-0.1, -0.05) is 19.8 Å². The van der Waals surface area contributed by atoms with Crippen molar-refractivity contribution in [1.29, 1.82) is 0 Å². The molecular weight excluding hydrogens is 188 g/mol. The summed E-state index contributed by atoms with van der Waals surface area (Å²) in [5.74, 6) is 0. The molecule has 1 aliphatic carbocycles. The van der Waals surface area contributed by atoms with Crippen LogP contribution < -0.4 is 5.32 Å². The van der Waals surface area contributed by atoms with E-state index < -0.39 is 0 Å². The van der Waals surface area contributed by atoms with Crippen molar-refractivity contribution in [3.05, 3.63) is 0 Å². The fourth-order valence-corrected chi connectivity index (χ4v) is 2.35. The first-order valence-electron chi connectivity index (χ1n) is 6.38. The van der Waals surface area contributed by atoms with Crippen LogP contribution >= 0.6 is 0 Å². The van der Waals surface area contributed by atoms with Crippen molar-refractivity contribution >= 4 is 6.03 Å². The minimum atomic E-state index is 0.186. The Bertz CT molecular complexity index is 226. The number of rotatable bonds is 2. The molecule has 15 heavy (non-hydrogen) atoms. The first kappa shape index (κ1) is 10.8. The van der Waals surface area contributed by atoms with Gasteiger partial charge in [0.2, 0.25) is 0 Å². The quantitative estimate of drug-likeness (QED) is 0.746. The monoisotopic (exact) mass is 210 g/mol. The minimum Gasteiger partial charge on any atom is -0.335 e. The molecule has 1 unspecified atom stereocenters. The van der Waals surface area contributed by atoms with Crippen LogP contribution in [-0.2, 0) is 0 Å². The van der Waals surface area contributed by atoms with E-state index in [1.54, 1.807) is 0 Å². The highest BCUT2D eigenvalue weighted by Gasteiger charge is 2.29. The highest BCUT2D eigenvalue weighted by atomic mass is 16.2.